The van der Waals surface area contributed by atoms with Crippen LogP contribution >= 0.6 is 11.6 Å². The van der Waals surface area contributed by atoms with E-state index in [1.54, 1.807) is 18.5 Å². The number of rotatable bonds is 4. The molecule has 1 aromatic heterocycles. The Kier molecular flexibility index (Phi) is 4.27. The van der Waals surface area contributed by atoms with Gasteiger partial charge >= 0.3 is 0 Å². The topological polar surface area (TPSA) is 85.1 Å². The summed E-state index contributed by atoms with van der Waals surface area (Å²) in [7, 11) is 0. The van der Waals surface area contributed by atoms with Crippen LogP contribution in [0.15, 0.2) is 42.7 Å². The van der Waals surface area contributed by atoms with E-state index in [1.165, 1.54) is 12.1 Å². The average Bonchev–Trinajstić information content (AvgIpc) is 2.46. The van der Waals surface area contributed by atoms with Gasteiger partial charge < -0.3 is 5.32 Å². The molecular weight excluding hydrogens is 282 g/mol. The Labute approximate surface area is 119 Å². The van der Waals surface area contributed by atoms with Crippen molar-refractivity contribution in [1.82, 2.24) is 10.3 Å². The number of benzene rings is 1. The highest BCUT2D eigenvalue weighted by Gasteiger charge is 2.15. The lowest BCUT2D eigenvalue weighted by atomic mass is 10.2. The molecule has 1 N–H and O–H groups in total. The highest BCUT2D eigenvalue weighted by molar-refractivity contribution is 6.33. The third-order valence-electron chi connectivity index (χ3n) is 2.58. The summed E-state index contributed by atoms with van der Waals surface area (Å²) in [4.78, 5) is 26.0. The monoisotopic (exact) mass is 291 g/mol. The number of carbonyl (C=O) groups is 1. The van der Waals surface area contributed by atoms with E-state index >= 15 is 0 Å². The minimum atomic E-state index is -0.575. The summed E-state index contributed by atoms with van der Waals surface area (Å²) < 4.78 is 0. The lowest BCUT2D eigenvalue weighted by Gasteiger charge is -2.06. The second-order valence-electron chi connectivity index (χ2n) is 3.97. The van der Waals surface area contributed by atoms with Crippen molar-refractivity contribution in [2.45, 2.75) is 6.54 Å². The number of nitro groups is 1. The smallest absolute Gasteiger partial charge is 0.270 e. The molecule has 2 rings (SSSR count). The zero-order chi connectivity index (χ0) is 14.5. The fourth-order valence-corrected chi connectivity index (χ4v) is 1.78. The average molecular weight is 292 g/mol. The molecule has 0 unspecified atom stereocenters. The Balaban J connectivity index is 2.13. The molecule has 1 amide bonds. The molecule has 0 aliphatic rings. The summed E-state index contributed by atoms with van der Waals surface area (Å²) in [5.41, 5.74) is 0.716. The molecule has 1 aromatic carbocycles. The summed E-state index contributed by atoms with van der Waals surface area (Å²) >= 11 is 5.88. The van der Waals surface area contributed by atoms with E-state index in [0.29, 0.717) is 0 Å². The predicted molar refractivity (Wildman–Crippen MR) is 73.5 cm³/mol. The number of nitrogens with one attached hydrogen (secondary N) is 1. The van der Waals surface area contributed by atoms with Gasteiger partial charge in [-0.2, -0.15) is 0 Å². The van der Waals surface area contributed by atoms with Crippen LogP contribution in [0, 0.1) is 10.1 Å². The number of non-ortho nitro benzene ring substituents is 1. The zero-order valence-electron chi connectivity index (χ0n) is 10.2. The van der Waals surface area contributed by atoms with Crippen molar-refractivity contribution in [3.63, 3.8) is 0 Å². The molecule has 0 radical (unpaired) electrons. The predicted octanol–water partition coefficient (Wildman–Crippen LogP) is 2.57. The molecule has 7 heteroatoms. The molecule has 102 valence electrons. The zero-order valence-corrected chi connectivity index (χ0v) is 11.0. The third kappa shape index (κ3) is 3.30. The van der Waals surface area contributed by atoms with Crippen LogP contribution in [0.2, 0.25) is 5.02 Å². The van der Waals surface area contributed by atoms with Crippen LogP contribution in [0.5, 0.6) is 0 Å². The Morgan fingerprint density at radius 1 is 1.40 bits per heavy atom. The summed E-state index contributed by atoms with van der Waals surface area (Å²) in [6.45, 7) is 0.270. The normalized spacial score (nSPS) is 10.1. The van der Waals surface area contributed by atoms with Gasteiger partial charge in [-0.15, -0.1) is 0 Å². The van der Waals surface area contributed by atoms with E-state index in [2.05, 4.69) is 10.3 Å². The van der Waals surface area contributed by atoms with Crippen LogP contribution < -0.4 is 5.32 Å². The third-order valence-corrected chi connectivity index (χ3v) is 2.91. The highest BCUT2D eigenvalue weighted by Crippen LogP contribution is 2.21. The van der Waals surface area contributed by atoms with Crippen molar-refractivity contribution in [3.05, 3.63) is 69.0 Å². The molecule has 0 spiro atoms. The Morgan fingerprint density at radius 2 is 2.20 bits per heavy atom. The summed E-state index contributed by atoms with van der Waals surface area (Å²) in [5.74, 6) is -0.470. The lowest BCUT2D eigenvalue weighted by molar-refractivity contribution is -0.384. The molecule has 0 atom stereocenters. The Morgan fingerprint density at radius 3 is 2.85 bits per heavy atom. The van der Waals surface area contributed by atoms with Crippen molar-refractivity contribution in [2.75, 3.05) is 0 Å². The van der Waals surface area contributed by atoms with Crippen molar-refractivity contribution in [3.8, 4) is 0 Å². The van der Waals surface area contributed by atoms with Gasteiger partial charge in [-0.1, -0.05) is 17.7 Å². The van der Waals surface area contributed by atoms with E-state index in [-0.39, 0.29) is 22.8 Å². The minimum Gasteiger partial charge on any atom is -0.348 e. The van der Waals surface area contributed by atoms with E-state index < -0.39 is 10.8 Å². The van der Waals surface area contributed by atoms with Crippen LogP contribution in [0.3, 0.4) is 0 Å². The highest BCUT2D eigenvalue weighted by atomic mass is 35.5. The van der Waals surface area contributed by atoms with Crippen molar-refractivity contribution < 1.29 is 9.72 Å². The van der Waals surface area contributed by atoms with Gasteiger partial charge in [-0.05, 0) is 17.7 Å². The molecule has 0 aliphatic carbocycles. The number of nitrogens with zero attached hydrogens (tertiary/aromatic N) is 2. The number of amides is 1. The summed E-state index contributed by atoms with van der Waals surface area (Å²) in [6, 6.07) is 7.30. The molecule has 0 fully saturated rings. The van der Waals surface area contributed by atoms with Crippen LogP contribution in [0.1, 0.15) is 15.9 Å². The van der Waals surface area contributed by atoms with Gasteiger partial charge in [-0.3, -0.25) is 19.9 Å². The number of pyridine rings is 1. The molecule has 0 saturated heterocycles. The molecule has 0 aliphatic heterocycles. The number of halogens is 1. The number of carbonyl (C=O) groups excluding carboxylic acids is 1. The molecular formula is C13H10ClN3O3. The quantitative estimate of drug-likeness (QED) is 0.693. The first-order valence-electron chi connectivity index (χ1n) is 5.69. The van der Waals surface area contributed by atoms with E-state index in [1.807, 2.05) is 6.07 Å². The largest absolute Gasteiger partial charge is 0.348 e. The fourth-order valence-electron chi connectivity index (χ4n) is 1.58. The van der Waals surface area contributed by atoms with Gasteiger partial charge in [0, 0.05) is 31.1 Å². The maximum absolute atomic E-state index is 12.0. The molecule has 0 bridgehead atoms. The van der Waals surface area contributed by atoms with E-state index in [4.69, 9.17) is 11.6 Å². The first-order chi connectivity index (χ1) is 9.58. The Hall–Kier alpha value is -2.47. The Bertz CT molecular complexity index is 647. The van der Waals surface area contributed by atoms with Crippen LogP contribution in [-0.4, -0.2) is 15.8 Å². The first kappa shape index (κ1) is 14.0. The van der Waals surface area contributed by atoms with Gasteiger partial charge in [0.15, 0.2) is 0 Å². The maximum Gasteiger partial charge on any atom is 0.270 e. The summed E-state index contributed by atoms with van der Waals surface area (Å²) in [5, 5.41) is 13.5. The lowest BCUT2D eigenvalue weighted by Crippen LogP contribution is -2.23. The maximum atomic E-state index is 12.0. The van der Waals surface area contributed by atoms with Gasteiger partial charge in [0.25, 0.3) is 11.6 Å². The van der Waals surface area contributed by atoms with Crippen molar-refractivity contribution in [2.24, 2.45) is 0 Å². The van der Waals surface area contributed by atoms with Crippen LogP contribution in [0.25, 0.3) is 0 Å². The number of nitro benzene ring substituents is 1. The van der Waals surface area contributed by atoms with E-state index in [0.717, 1.165) is 11.6 Å². The van der Waals surface area contributed by atoms with Gasteiger partial charge in [0.05, 0.1) is 15.5 Å². The molecule has 0 saturated carbocycles. The van der Waals surface area contributed by atoms with Gasteiger partial charge in [-0.25, -0.2) is 0 Å². The molecule has 20 heavy (non-hydrogen) atoms. The second kappa shape index (κ2) is 6.12. The van der Waals surface area contributed by atoms with Crippen LogP contribution in [0.4, 0.5) is 5.69 Å². The van der Waals surface area contributed by atoms with Gasteiger partial charge in [0.2, 0.25) is 0 Å². The number of hydrogen-bond acceptors (Lipinski definition) is 4. The van der Waals surface area contributed by atoms with Crippen molar-refractivity contribution >= 4 is 23.2 Å². The number of hydrogen-bond donors (Lipinski definition) is 1. The fraction of sp³-hybridized carbons (Fsp3) is 0.0769. The van der Waals surface area contributed by atoms with Gasteiger partial charge in [0.1, 0.15) is 0 Å². The van der Waals surface area contributed by atoms with E-state index in [9.17, 15) is 14.9 Å². The molecule has 1 heterocycles. The minimum absolute atomic E-state index is 0.0738. The standard InChI is InChI=1S/C13H10ClN3O3/c14-12-4-3-10(17(19)20)6-11(12)13(18)16-8-9-2-1-5-15-7-9/h1-7H,8H2,(H,16,18). The van der Waals surface area contributed by atoms with Crippen molar-refractivity contribution in [1.29, 1.82) is 0 Å². The number of aromatic nitrogens is 1. The SMILES string of the molecule is O=C(NCc1cccnc1)c1cc([N+](=O)[O-])ccc1Cl. The molecule has 6 nitrogen and oxygen atoms in total. The molecule has 2 aromatic rings. The first-order valence-corrected chi connectivity index (χ1v) is 6.07. The van der Waals surface area contributed by atoms with Crippen LogP contribution in [-0.2, 0) is 6.54 Å². The summed E-state index contributed by atoms with van der Waals surface area (Å²) in [6.07, 6.45) is 3.25. The second-order valence-corrected chi connectivity index (χ2v) is 4.37.